The Morgan fingerprint density at radius 2 is 1.57 bits per heavy atom. The summed E-state index contributed by atoms with van der Waals surface area (Å²) in [6.45, 7) is 12.5. The maximum Gasteiger partial charge on any atom is 0.243 e. The molecule has 156 valence electrons. The van der Waals surface area contributed by atoms with Crippen LogP contribution >= 0.6 is 0 Å². The first-order chi connectivity index (χ1) is 13.2. The van der Waals surface area contributed by atoms with Crippen LogP contribution in [0.3, 0.4) is 0 Å². The molecule has 28 heavy (non-hydrogen) atoms. The van der Waals surface area contributed by atoms with E-state index in [0.717, 1.165) is 37.3 Å². The first-order valence-corrected chi connectivity index (χ1v) is 11.7. The van der Waals surface area contributed by atoms with Crippen molar-refractivity contribution in [2.75, 3.05) is 39.3 Å². The van der Waals surface area contributed by atoms with Crippen LogP contribution in [0.2, 0.25) is 0 Å². The fourth-order valence-electron chi connectivity index (χ4n) is 4.08. The highest BCUT2D eigenvalue weighted by Crippen LogP contribution is 2.26. The number of nitrogens with zero attached hydrogens (tertiary/aromatic N) is 3. The van der Waals surface area contributed by atoms with Crippen LogP contribution in [0.5, 0.6) is 0 Å². The molecule has 0 saturated carbocycles. The summed E-state index contributed by atoms with van der Waals surface area (Å²) in [5.74, 6) is 0.142. The van der Waals surface area contributed by atoms with Gasteiger partial charge >= 0.3 is 0 Å². The average molecular weight is 408 g/mol. The predicted molar refractivity (Wildman–Crippen MR) is 111 cm³/mol. The number of aryl methyl sites for hydroxylation is 2. The van der Waals surface area contributed by atoms with Gasteiger partial charge in [0, 0.05) is 51.2 Å². The van der Waals surface area contributed by atoms with Gasteiger partial charge in [-0.25, -0.2) is 8.42 Å². The van der Waals surface area contributed by atoms with E-state index in [9.17, 15) is 13.2 Å². The fraction of sp³-hybridized carbons (Fsp3) is 0.667. The number of rotatable bonds is 4. The average Bonchev–Trinajstić information content (AvgIpc) is 2.69. The molecule has 0 bridgehead atoms. The Hall–Kier alpha value is -1.44. The van der Waals surface area contributed by atoms with Crippen molar-refractivity contribution in [3.63, 3.8) is 0 Å². The fourth-order valence-corrected chi connectivity index (χ4v) is 5.64. The number of amides is 1. The van der Waals surface area contributed by atoms with Crippen molar-refractivity contribution in [1.29, 1.82) is 0 Å². The molecule has 1 amide bonds. The van der Waals surface area contributed by atoms with Crippen LogP contribution in [-0.2, 0) is 14.8 Å². The van der Waals surface area contributed by atoms with Gasteiger partial charge in [0.15, 0.2) is 0 Å². The molecule has 2 heterocycles. The van der Waals surface area contributed by atoms with Gasteiger partial charge < -0.3 is 4.90 Å². The molecule has 0 unspecified atom stereocenters. The summed E-state index contributed by atoms with van der Waals surface area (Å²) in [7, 11) is -3.49. The molecule has 0 aromatic heterocycles. The van der Waals surface area contributed by atoms with Crippen molar-refractivity contribution in [3.05, 3.63) is 29.3 Å². The lowest BCUT2D eigenvalue weighted by molar-refractivity contribution is -0.138. The van der Waals surface area contributed by atoms with Crippen LogP contribution in [0.4, 0.5) is 0 Å². The monoisotopic (exact) mass is 407 g/mol. The third kappa shape index (κ3) is 4.42. The summed E-state index contributed by atoms with van der Waals surface area (Å²) >= 11 is 0. The summed E-state index contributed by atoms with van der Waals surface area (Å²) < 4.78 is 27.4. The van der Waals surface area contributed by atoms with E-state index in [2.05, 4.69) is 18.7 Å². The molecule has 2 aliphatic heterocycles. The van der Waals surface area contributed by atoms with Crippen LogP contribution in [0.15, 0.2) is 23.1 Å². The molecule has 1 aromatic rings. The van der Waals surface area contributed by atoms with Crippen molar-refractivity contribution < 1.29 is 13.2 Å². The number of piperazine rings is 1. The third-order valence-corrected chi connectivity index (χ3v) is 8.17. The van der Waals surface area contributed by atoms with Gasteiger partial charge in [0.25, 0.3) is 0 Å². The van der Waals surface area contributed by atoms with E-state index in [1.807, 2.05) is 24.8 Å². The lowest BCUT2D eigenvalue weighted by atomic mass is 9.96. The van der Waals surface area contributed by atoms with E-state index in [-0.39, 0.29) is 11.8 Å². The molecule has 0 atom stereocenters. The first-order valence-electron chi connectivity index (χ1n) is 10.3. The molecule has 6 nitrogen and oxygen atoms in total. The minimum atomic E-state index is -3.49. The number of carbonyl (C=O) groups excluding carboxylic acids is 1. The van der Waals surface area contributed by atoms with E-state index >= 15 is 0 Å². The van der Waals surface area contributed by atoms with Gasteiger partial charge in [-0.3, -0.25) is 9.69 Å². The molecular formula is C21H33N3O3S. The molecule has 2 aliphatic rings. The van der Waals surface area contributed by atoms with Crippen LogP contribution in [0.25, 0.3) is 0 Å². The van der Waals surface area contributed by atoms with Crippen LogP contribution in [0, 0.1) is 19.8 Å². The Labute approximate surface area is 169 Å². The van der Waals surface area contributed by atoms with Crippen molar-refractivity contribution in [1.82, 2.24) is 14.1 Å². The smallest absolute Gasteiger partial charge is 0.243 e. The molecule has 2 fully saturated rings. The van der Waals surface area contributed by atoms with E-state index in [1.54, 1.807) is 12.1 Å². The second-order valence-electron chi connectivity index (χ2n) is 8.38. The van der Waals surface area contributed by atoms with Gasteiger partial charge in [0.05, 0.1) is 4.90 Å². The zero-order valence-corrected chi connectivity index (χ0v) is 18.3. The molecule has 1 aromatic carbocycles. The minimum absolute atomic E-state index is 0.0585. The summed E-state index contributed by atoms with van der Waals surface area (Å²) in [4.78, 5) is 17.6. The summed E-state index contributed by atoms with van der Waals surface area (Å²) in [5, 5.41) is 0. The van der Waals surface area contributed by atoms with E-state index < -0.39 is 10.0 Å². The molecule has 0 radical (unpaired) electrons. The number of hydrogen-bond acceptors (Lipinski definition) is 4. The van der Waals surface area contributed by atoms with E-state index in [4.69, 9.17) is 0 Å². The number of benzene rings is 1. The zero-order valence-electron chi connectivity index (χ0n) is 17.5. The van der Waals surface area contributed by atoms with Gasteiger partial charge in [-0.15, -0.1) is 0 Å². The lowest BCUT2D eigenvalue weighted by Gasteiger charge is -2.39. The minimum Gasteiger partial charge on any atom is -0.340 e. The highest BCUT2D eigenvalue weighted by Gasteiger charge is 2.34. The second-order valence-corrected chi connectivity index (χ2v) is 10.3. The third-order valence-electron chi connectivity index (χ3n) is 6.28. The van der Waals surface area contributed by atoms with Crippen molar-refractivity contribution >= 4 is 15.9 Å². The second kappa shape index (κ2) is 8.51. The predicted octanol–water partition coefficient (Wildman–Crippen LogP) is 2.26. The Balaban J connectivity index is 1.58. The van der Waals surface area contributed by atoms with E-state index in [1.165, 1.54) is 4.31 Å². The summed E-state index contributed by atoms with van der Waals surface area (Å²) in [6, 6.07) is 5.80. The normalized spacial score (nSPS) is 20.7. The SMILES string of the molecule is Cc1ccc(S(=O)(=O)N2CCC(C(=O)N3CCN(C(C)C)CC3)CC2)cc1C. The molecular weight excluding hydrogens is 374 g/mol. The van der Waals surface area contributed by atoms with Gasteiger partial charge in [-0.1, -0.05) is 6.07 Å². The van der Waals surface area contributed by atoms with Crippen LogP contribution in [-0.4, -0.2) is 73.7 Å². The number of piperidine rings is 1. The van der Waals surface area contributed by atoms with Gasteiger partial charge in [-0.2, -0.15) is 4.31 Å². The molecule has 0 aliphatic carbocycles. The van der Waals surface area contributed by atoms with Crippen LogP contribution < -0.4 is 0 Å². The van der Waals surface area contributed by atoms with Crippen LogP contribution in [0.1, 0.15) is 37.8 Å². The Morgan fingerprint density at radius 1 is 0.964 bits per heavy atom. The van der Waals surface area contributed by atoms with E-state index in [0.29, 0.717) is 36.9 Å². The molecule has 0 N–H and O–H groups in total. The maximum absolute atomic E-state index is 13.0. The standard InChI is InChI=1S/C21H33N3O3S/c1-16(2)22-11-13-23(14-12-22)21(25)19-7-9-24(10-8-19)28(26,27)20-6-5-17(3)18(4)15-20/h5-6,15-16,19H,7-14H2,1-4H3. The topological polar surface area (TPSA) is 60.9 Å². The Bertz CT molecular complexity index is 806. The largest absolute Gasteiger partial charge is 0.340 e. The summed E-state index contributed by atoms with van der Waals surface area (Å²) in [6.07, 6.45) is 1.21. The lowest BCUT2D eigenvalue weighted by Crippen LogP contribution is -2.53. The Kier molecular flexibility index (Phi) is 6.47. The van der Waals surface area contributed by atoms with Gasteiger partial charge in [0.1, 0.15) is 0 Å². The highest BCUT2D eigenvalue weighted by atomic mass is 32.2. The van der Waals surface area contributed by atoms with Crippen molar-refractivity contribution in [2.24, 2.45) is 5.92 Å². The number of sulfonamides is 1. The molecule has 3 rings (SSSR count). The number of hydrogen-bond donors (Lipinski definition) is 0. The zero-order chi connectivity index (χ0) is 20.5. The molecule has 7 heteroatoms. The first kappa shape index (κ1) is 21.3. The quantitative estimate of drug-likeness (QED) is 0.768. The molecule has 0 spiro atoms. The van der Waals surface area contributed by atoms with Crippen molar-refractivity contribution in [3.8, 4) is 0 Å². The van der Waals surface area contributed by atoms with Gasteiger partial charge in [-0.05, 0) is 63.8 Å². The molecule has 2 saturated heterocycles. The Morgan fingerprint density at radius 3 is 2.11 bits per heavy atom. The maximum atomic E-state index is 13.0. The highest BCUT2D eigenvalue weighted by molar-refractivity contribution is 7.89. The van der Waals surface area contributed by atoms with Crippen molar-refractivity contribution in [2.45, 2.75) is 51.5 Å². The van der Waals surface area contributed by atoms with Gasteiger partial charge in [0.2, 0.25) is 15.9 Å². The number of carbonyl (C=O) groups is 1. The summed E-state index contributed by atoms with van der Waals surface area (Å²) in [5.41, 5.74) is 2.06.